The number of nitrogens with zero attached hydrogens (tertiary/aromatic N) is 2. The summed E-state index contributed by atoms with van der Waals surface area (Å²) in [5.74, 6) is 0.573. The van der Waals surface area contributed by atoms with Crippen molar-refractivity contribution in [1.29, 1.82) is 0 Å². The average molecular weight is 484 g/mol. The second kappa shape index (κ2) is 9.36. The molecule has 4 aromatic rings. The molecule has 0 unspecified atom stereocenters. The summed E-state index contributed by atoms with van der Waals surface area (Å²) in [6, 6.07) is 19.5. The van der Waals surface area contributed by atoms with Crippen LogP contribution in [0.3, 0.4) is 0 Å². The van der Waals surface area contributed by atoms with E-state index in [0.29, 0.717) is 34.9 Å². The van der Waals surface area contributed by atoms with Crippen LogP contribution in [0, 0.1) is 0 Å². The Balaban J connectivity index is 1.86. The highest BCUT2D eigenvalue weighted by atomic mass is 32.2. The lowest BCUT2D eigenvalue weighted by atomic mass is 10.2. The van der Waals surface area contributed by atoms with Crippen LogP contribution in [0.25, 0.3) is 11.0 Å². The summed E-state index contributed by atoms with van der Waals surface area (Å²) in [5.41, 5.74) is 1.77. The molecule has 0 bridgehead atoms. The minimum absolute atomic E-state index is 0.110. The van der Waals surface area contributed by atoms with Crippen LogP contribution in [-0.2, 0) is 23.1 Å². The first-order valence-corrected chi connectivity index (χ1v) is 12.8. The smallest absolute Gasteiger partial charge is 0.329 e. The van der Waals surface area contributed by atoms with Gasteiger partial charge < -0.3 is 4.74 Å². The quantitative estimate of drug-likeness (QED) is 0.389. The van der Waals surface area contributed by atoms with Gasteiger partial charge in [0.2, 0.25) is 0 Å². The van der Waals surface area contributed by atoms with Gasteiger partial charge in [-0.15, -0.1) is 0 Å². The zero-order valence-electron chi connectivity index (χ0n) is 18.6. The molecular weight excluding hydrogens is 458 g/mol. The van der Waals surface area contributed by atoms with Crippen LogP contribution in [0.15, 0.2) is 86.2 Å². The predicted octanol–water partition coefficient (Wildman–Crippen LogP) is 4.80. The van der Waals surface area contributed by atoms with Gasteiger partial charge in [0.25, 0.3) is 10.0 Å². The molecule has 33 heavy (non-hydrogen) atoms. The fraction of sp³-hybridized carbons (Fsp3) is 0.208. The van der Waals surface area contributed by atoms with Gasteiger partial charge in [-0.2, -0.15) is 0 Å². The minimum atomic E-state index is -3.86. The lowest BCUT2D eigenvalue weighted by molar-refractivity contribution is 0.414. The first-order valence-electron chi connectivity index (χ1n) is 10.5. The second-order valence-electron chi connectivity index (χ2n) is 7.30. The zero-order valence-corrected chi connectivity index (χ0v) is 20.2. The van der Waals surface area contributed by atoms with Gasteiger partial charge in [-0.1, -0.05) is 30.0 Å². The van der Waals surface area contributed by atoms with E-state index in [9.17, 15) is 13.2 Å². The largest absolute Gasteiger partial charge is 0.497 e. The Morgan fingerprint density at radius 1 is 0.909 bits per heavy atom. The Kier molecular flexibility index (Phi) is 6.53. The molecular formula is C24H25N3O4S2. The lowest BCUT2D eigenvalue weighted by Gasteiger charge is -2.14. The van der Waals surface area contributed by atoms with E-state index < -0.39 is 10.0 Å². The molecule has 0 saturated heterocycles. The number of hydrogen-bond donors (Lipinski definition) is 1. The number of benzene rings is 3. The molecule has 0 atom stereocenters. The van der Waals surface area contributed by atoms with E-state index in [2.05, 4.69) is 4.72 Å². The summed E-state index contributed by atoms with van der Waals surface area (Å²) in [6.45, 7) is 4.83. The number of hydrogen-bond acceptors (Lipinski definition) is 5. The first-order chi connectivity index (χ1) is 15.9. The number of nitrogens with one attached hydrogen (secondary N) is 1. The highest BCUT2D eigenvalue weighted by Gasteiger charge is 2.20. The van der Waals surface area contributed by atoms with Gasteiger partial charge in [-0.25, -0.2) is 13.2 Å². The normalized spacial score (nSPS) is 11.6. The number of anilines is 1. The van der Waals surface area contributed by atoms with E-state index in [1.807, 2.05) is 50.2 Å². The average Bonchev–Trinajstić information content (AvgIpc) is 3.09. The van der Waals surface area contributed by atoms with Crippen molar-refractivity contribution in [2.24, 2.45) is 0 Å². The Hall–Kier alpha value is -3.17. The molecule has 0 aliphatic rings. The Morgan fingerprint density at radius 3 is 2.09 bits per heavy atom. The van der Waals surface area contributed by atoms with Crippen molar-refractivity contribution in [1.82, 2.24) is 9.13 Å². The van der Waals surface area contributed by atoms with E-state index in [-0.39, 0.29) is 10.6 Å². The molecule has 1 heterocycles. The number of sulfonamides is 1. The summed E-state index contributed by atoms with van der Waals surface area (Å²) in [6.07, 6.45) is 0. The third kappa shape index (κ3) is 4.51. The third-order valence-electron chi connectivity index (χ3n) is 5.34. The molecule has 0 fully saturated rings. The van der Waals surface area contributed by atoms with Crippen molar-refractivity contribution >= 4 is 38.5 Å². The number of imidazole rings is 1. The fourth-order valence-corrected chi connectivity index (χ4v) is 5.76. The van der Waals surface area contributed by atoms with Gasteiger partial charge in [0, 0.05) is 22.9 Å². The molecule has 7 nitrogen and oxygen atoms in total. The lowest BCUT2D eigenvalue weighted by Crippen LogP contribution is -2.23. The van der Waals surface area contributed by atoms with Crippen molar-refractivity contribution in [3.8, 4) is 5.75 Å². The van der Waals surface area contributed by atoms with E-state index in [4.69, 9.17) is 4.74 Å². The summed E-state index contributed by atoms with van der Waals surface area (Å²) in [5, 5.41) is 0. The molecule has 0 amide bonds. The molecule has 0 spiro atoms. The molecule has 1 N–H and O–H groups in total. The van der Waals surface area contributed by atoms with E-state index in [0.717, 1.165) is 10.4 Å². The molecule has 0 aliphatic carbocycles. The molecule has 1 aromatic heterocycles. The van der Waals surface area contributed by atoms with Crippen LogP contribution in [-0.4, -0.2) is 24.7 Å². The van der Waals surface area contributed by atoms with Crippen molar-refractivity contribution in [3.05, 3.63) is 77.2 Å². The molecule has 0 aliphatic heterocycles. The summed E-state index contributed by atoms with van der Waals surface area (Å²) >= 11 is 1.44. The maximum Gasteiger partial charge on any atom is 0.329 e. The number of ether oxygens (including phenoxy) is 1. The summed E-state index contributed by atoms with van der Waals surface area (Å²) < 4.78 is 37.6. The van der Waals surface area contributed by atoms with Gasteiger partial charge in [0.15, 0.2) is 0 Å². The van der Waals surface area contributed by atoms with Gasteiger partial charge in [-0.3, -0.25) is 13.9 Å². The number of aromatic nitrogens is 2. The van der Waals surface area contributed by atoms with Gasteiger partial charge in [0.1, 0.15) is 5.75 Å². The zero-order chi connectivity index (χ0) is 23.6. The predicted molar refractivity (Wildman–Crippen MR) is 132 cm³/mol. The summed E-state index contributed by atoms with van der Waals surface area (Å²) in [7, 11) is -2.34. The SMILES string of the molecule is CCn1c(=O)n(CC)c2cc(Sc3ccccc3)c(NS(=O)(=O)c3ccc(OC)cc3)cc21. The third-order valence-corrected chi connectivity index (χ3v) is 7.78. The van der Waals surface area contributed by atoms with Crippen LogP contribution in [0.2, 0.25) is 0 Å². The highest BCUT2D eigenvalue weighted by Crippen LogP contribution is 2.37. The number of fused-ring (bicyclic) bond motifs is 1. The van der Waals surface area contributed by atoms with Crippen LogP contribution in [0.5, 0.6) is 5.75 Å². The molecule has 3 aromatic carbocycles. The van der Waals surface area contributed by atoms with Crippen LogP contribution in [0.4, 0.5) is 5.69 Å². The standard InChI is InChI=1S/C24H25N3O4S2/c1-4-26-21-15-20(25-33(29,30)19-13-11-17(31-3)12-14-19)23(32-18-9-7-6-8-10-18)16-22(21)27(5-2)24(26)28/h6-16,25H,4-5H2,1-3H3. The van der Waals surface area contributed by atoms with E-state index >= 15 is 0 Å². The van der Waals surface area contributed by atoms with Gasteiger partial charge >= 0.3 is 5.69 Å². The Morgan fingerprint density at radius 2 is 1.52 bits per heavy atom. The monoisotopic (exact) mass is 483 g/mol. The molecule has 0 radical (unpaired) electrons. The van der Waals surface area contributed by atoms with Crippen molar-refractivity contribution in [3.63, 3.8) is 0 Å². The van der Waals surface area contributed by atoms with E-state index in [1.54, 1.807) is 27.3 Å². The fourth-order valence-electron chi connectivity index (χ4n) is 3.69. The first kappa shape index (κ1) is 23.0. The van der Waals surface area contributed by atoms with E-state index in [1.165, 1.54) is 31.0 Å². The number of methoxy groups -OCH3 is 1. The number of rotatable bonds is 8. The molecule has 0 saturated carbocycles. The van der Waals surface area contributed by atoms with Crippen LogP contribution >= 0.6 is 11.8 Å². The maximum absolute atomic E-state index is 13.2. The van der Waals surface area contributed by atoms with Gasteiger partial charge in [0.05, 0.1) is 28.7 Å². The van der Waals surface area contributed by atoms with Crippen LogP contribution in [0.1, 0.15) is 13.8 Å². The Labute approximate surface area is 197 Å². The molecule has 172 valence electrons. The Bertz CT molecular complexity index is 1440. The van der Waals surface area contributed by atoms with Crippen molar-refractivity contribution < 1.29 is 13.2 Å². The highest BCUT2D eigenvalue weighted by molar-refractivity contribution is 7.99. The maximum atomic E-state index is 13.2. The summed E-state index contributed by atoms with van der Waals surface area (Å²) in [4.78, 5) is 14.7. The van der Waals surface area contributed by atoms with Crippen molar-refractivity contribution in [2.45, 2.75) is 41.6 Å². The van der Waals surface area contributed by atoms with Crippen molar-refractivity contribution in [2.75, 3.05) is 11.8 Å². The van der Waals surface area contributed by atoms with Gasteiger partial charge in [-0.05, 0) is 62.4 Å². The second-order valence-corrected chi connectivity index (χ2v) is 10.1. The minimum Gasteiger partial charge on any atom is -0.497 e. The number of aryl methyl sites for hydroxylation is 2. The molecule has 9 heteroatoms. The topological polar surface area (TPSA) is 82.3 Å². The van der Waals surface area contributed by atoms with Crippen LogP contribution < -0.4 is 15.1 Å². The molecule has 4 rings (SSSR count).